The third-order valence-corrected chi connectivity index (χ3v) is 1.95. The van der Waals surface area contributed by atoms with Crippen LogP contribution in [0.15, 0.2) is 27.2 Å². The summed E-state index contributed by atoms with van der Waals surface area (Å²) in [5.74, 6) is 0.249. The van der Waals surface area contributed by atoms with Crippen LogP contribution in [-0.2, 0) is 5.88 Å². The van der Waals surface area contributed by atoms with Crippen molar-refractivity contribution in [1.82, 2.24) is 4.98 Å². The van der Waals surface area contributed by atoms with E-state index in [4.69, 9.17) is 20.4 Å². The normalized spacial score (nSPS) is 10.5. The van der Waals surface area contributed by atoms with Gasteiger partial charge in [0.1, 0.15) is 11.2 Å². The van der Waals surface area contributed by atoms with Gasteiger partial charge in [0.05, 0.1) is 17.6 Å². The molecular formula is C8H5ClN2O4. The van der Waals surface area contributed by atoms with Crippen LogP contribution in [0.5, 0.6) is 0 Å². The quantitative estimate of drug-likeness (QED) is 0.458. The van der Waals surface area contributed by atoms with E-state index >= 15 is 0 Å². The van der Waals surface area contributed by atoms with Crippen molar-refractivity contribution >= 4 is 17.5 Å². The first-order valence-electron chi connectivity index (χ1n) is 3.95. The summed E-state index contributed by atoms with van der Waals surface area (Å²) in [6.45, 7) is 0. The zero-order valence-corrected chi connectivity index (χ0v) is 8.10. The van der Waals surface area contributed by atoms with E-state index in [1.54, 1.807) is 0 Å². The van der Waals surface area contributed by atoms with Gasteiger partial charge in [-0.3, -0.25) is 10.1 Å². The van der Waals surface area contributed by atoms with E-state index in [1.165, 1.54) is 18.4 Å². The number of nitro groups is 1. The molecule has 0 N–H and O–H groups in total. The van der Waals surface area contributed by atoms with Crippen LogP contribution >= 0.6 is 11.6 Å². The summed E-state index contributed by atoms with van der Waals surface area (Å²) in [5, 5.41) is 10.3. The maximum absolute atomic E-state index is 10.3. The minimum absolute atomic E-state index is 0.179. The third kappa shape index (κ3) is 1.84. The van der Waals surface area contributed by atoms with Crippen LogP contribution in [0.2, 0.25) is 0 Å². The summed E-state index contributed by atoms with van der Waals surface area (Å²) in [7, 11) is 0. The number of oxazole rings is 1. The number of furan rings is 1. The van der Waals surface area contributed by atoms with E-state index in [-0.39, 0.29) is 23.4 Å². The number of halogens is 1. The van der Waals surface area contributed by atoms with Gasteiger partial charge in [-0.15, -0.1) is 11.6 Å². The molecule has 0 saturated carbocycles. The zero-order chi connectivity index (χ0) is 10.8. The Balaban J connectivity index is 2.32. The number of hydrogen-bond donors (Lipinski definition) is 0. The molecule has 2 rings (SSSR count). The van der Waals surface area contributed by atoms with Gasteiger partial charge < -0.3 is 8.83 Å². The Morgan fingerprint density at radius 1 is 1.53 bits per heavy atom. The van der Waals surface area contributed by atoms with E-state index in [1.807, 2.05) is 0 Å². The molecule has 78 valence electrons. The molecule has 0 radical (unpaired) electrons. The average Bonchev–Trinajstić information content (AvgIpc) is 2.86. The molecule has 2 aromatic heterocycles. The standard InChI is InChI=1S/C8H5ClN2O4/c9-3-5-4-14-8(10-5)6-1-2-7(15-6)11(12)13/h1-2,4H,3H2. The largest absolute Gasteiger partial charge is 0.442 e. The maximum atomic E-state index is 10.3. The lowest BCUT2D eigenvalue weighted by atomic mass is 10.4. The van der Waals surface area contributed by atoms with Crippen LogP contribution in [0.1, 0.15) is 5.69 Å². The molecule has 15 heavy (non-hydrogen) atoms. The molecule has 2 aromatic rings. The Morgan fingerprint density at radius 2 is 2.33 bits per heavy atom. The van der Waals surface area contributed by atoms with E-state index in [2.05, 4.69) is 4.98 Å². The minimum atomic E-state index is -0.630. The Bertz CT molecular complexity index is 490. The van der Waals surface area contributed by atoms with Crippen molar-refractivity contribution in [3.8, 4) is 11.7 Å². The van der Waals surface area contributed by atoms with E-state index in [0.29, 0.717) is 5.69 Å². The lowest BCUT2D eigenvalue weighted by Crippen LogP contribution is -1.82. The summed E-state index contributed by atoms with van der Waals surface area (Å²) >= 11 is 5.52. The molecular weight excluding hydrogens is 224 g/mol. The highest BCUT2D eigenvalue weighted by Crippen LogP contribution is 2.25. The molecule has 0 aliphatic carbocycles. The summed E-state index contributed by atoms with van der Waals surface area (Å²) < 4.78 is 9.91. The molecule has 0 fully saturated rings. The smallest absolute Gasteiger partial charge is 0.433 e. The molecule has 7 heteroatoms. The van der Waals surface area contributed by atoms with E-state index < -0.39 is 4.92 Å². The molecule has 0 bridgehead atoms. The topological polar surface area (TPSA) is 82.3 Å². The highest BCUT2D eigenvalue weighted by Gasteiger charge is 2.16. The van der Waals surface area contributed by atoms with Gasteiger partial charge >= 0.3 is 5.88 Å². The Hall–Kier alpha value is -1.82. The van der Waals surface area contributed by atoms with Crippen LogP contribution in [0.25, 0.3) is 11.7 Å². The number of nitrogens with zero attached hydrogens (tertiary/aromatic N) is 2. The number of aromatic nitrogens is 1. The summed E-state index contributed by atoms with van der Waals surface area (Å²) in [5.41, 5.74) is 0.547. The lowest BCUT2D eigenvalue weighted by molar-refractivity contribution is -0.401. The predicted molar refractivity (Wildman–Crippen MR) is 50.4 cm³/mol. The van der Waals surface area contributed by atoms with Crippen molar-refractivity contribution in [2.24, 2.45) is 0 Å². The summed E-state index contributed by atoms with van der Waals surface area (Å²) in [6.07, 6.45) is 1.37. The third-order valence-electron chi connectivity index (χ3n) is 1.67. The molecule has 0 aliphatic heterocycles. The molecule has 0 amide bonds. The highest BCUT2D eigenvalue weighted by molar-refractivity contribution is 6.16. The molecule has 0 spiro atoms. The number of rotatable bonds is 3. The van der Waals surface area contributed by atoms with E-state index in [9.17, 15) is 10.1 Å². The lowest BCUT2D eigenvalue weighted by Gasteiger charge is -1.85. The monoisotopic (exact) mass is 228 g/mol. The fourth-order valence-electron chi connectivity index (χ4n) is 1.02. The Morgan fingerprint density at radius 3 is 2.87 bits per heavy atom. The van der Waals surface area contributed by atoms with Gasteiger partial charge in [0.2, 0.25) is 0 Å². The second-order valence-corrected chi connectivity index (χ2v) is 2.94. The number of hydrogen-bond acceptors (Lipinski definition) is 5. The van der Waals surface area contributed by atoms with E-state index in [0.717, 1.165) is 0 Å². The Kier molecular flexibility index (Phi) is 2.42. The fourth-order valence-corrected chi connectivity index (χ4v) is 1.15. The molecule has 0 unspecified atom stereocenters. The molecule has 0 aromatic carbocycles. The summed E-state index contributed by atoms with van der Waals surface area (Å²) in [6, 6.07) is 2.65. The van der Waals surface area contributed by atoms with Gasteiger partial charge in [0, 0.05) is 0 Å². The highest BCUT2D eigenvalue weighted by atomic mass is 35.5. The average molecular weight is 229 g/mol. The van der Waals surface area contributed by atoms with Crippen molar-refractivity contribution in [3.05, 3.63) is 34.2 Å². The van der Waals surface area contributed by atoms with Crippen molar-refractivity contribution in [2.75, 3.05) is 0 Å². The van der Waals surface area contributed by atoms with Crippen LogP contribution in [0.3, 0.4) is 0 Å². The molecule has 6 nitrogen and oxygen atoms in total. The van der Waals surface area contributed by atoms with Gasteiger partial charge in [0.25, 0.3) is 5.89 Å². The second-order valence-electron chi connectivity index (χ2n) is 2.67. The van der Waals surface area contributed by atoms with Crippen LogP contribution in [0, 0.1) is 10.1 Å². The molecule has 0 atom stereocenters. The van der Waals surface area contributed by atoms with Gasteiger partial charge in [-0.1, -0.05) is 0 Å². The van der Waals surface area contributed by atoms with Gasteiger partial charge in [-0.25, -0.2) is 4.98 Å². The second kappa shape index (κ2) is 3.74. The van der Waals surface area contributed by atoms with Crippen molar-refractivity contribution in [3.63, 3.8) is 0 Å². The predicted octanol–water partition coefficient (Wildman–Crippen LogP) is 2.58. The van der Waals surface area contributed by atoms with Gasteiger partial charge in [-0.05, 0) is 6.07 Å². The van der Waals surface area contributed by atoms with Crippen molar-refractivity contribution in [2.45, 2.75) is 5.88 Å². The number of alkyl halides is 1. The zero-order valence-electron chi connectivity index (χ0n) is 7.34. The van der Waals surface area contributed by atoms with Gasteiger partial charge in [-0.2, -0.15) is 0 Å². The Labute approximate surface area is 88.6 Å². The first kappa shape index (κ1) is 9.72. The SMILES string of the molecule is O=[N+]([O-])c1ccc(-c2nc(CCl)co2)o1. The summed E-state index contributed by atoms with van der Waals surface area (Å²) in [4.78, 5) is 13.7. The molecule has 2 heterocycles. The minimum Gasteiger partial charge on any atom is -0.442 e. The molecule has 0 aliphatic rings. The fraction of sp³-hybridized carbons (Fsp3) is 0.125. The van der Waals surface area contributed by atoms with Crippen LogP contribution in [0.4, 0.5) is 5.88 Å². The van der Waals surface area contributed by atoms with Gasteiger partial charge in [0.15, 0.2) is 5.76 Å². The van der Waals surface area contributed by atoms with Crippen LogP contribution in [-0.4, -0.2) is 9.91 Å². The van der Waals surface area contributed by atoms with Crippen LogP contribution < -0.4 is 0 Å². The first-order chi connectivity index (χ1) is 7.20. The van der Waals surface area contributed by atoms with Crippen molar-refractivity contribution < 1.29 is 13.8 Å². The molecule has 0 saturated heterocycles. The van der Waals surface area contributed by atoms with Crippen molar-refractivity contribution in [1.29, 1.82) is 0 Å². The first-order valence-corrected chi connectivity index (χ1v) is 4.49. The maximum Gasteiger partial charge on any atom is 0.433 e.